The fraction of sp³-hybridized carbons (Fsp3) is 0.714. The number of carboxylic acids is 1. The molecule has 0 spiro atoms. The van der Waals surface area contributed by atoms with Gasteiger partial charge in [0.1, 0.15) is 17.4 Å². The number of amides is 1. The number of aliphatic carboxylic acids is 1. The van der Waals surface area contributed by atoms with E-state index in [0.717, 1.165) is 0 Å². The van der Waals surface area contributed by atoms with Crippen molar-refractivity contribution in [1.82, 2.24) is 5.32 Å². The van der Waals surface area contributed by atoms with Crippen LogP contribution in [0.3, 0.4) is 0 Å². The molecule has 0 saturated carbocycles. The zero-order chi connectivity index (χ0) is 22.6. The van der Waals surface area contributed by atoms with Crippen LogP contribution in [0.1, 0.15) is 67.7 Å². The van der Waals surface area contributed by atoms with Crippen molar-refractivity contribution in [2.75, 3.05) is 6.54 Å². The minimum Gasteiger partial charge on any atom is -0.511 e. The van der Waals surface area contributed by atoms with E-state index in [1.54, 1.807) is 20.8 Å². The first-order valence-electron chi connectivity index (χ1n) is 9.82. The number of aliphatic imine (C=N–C) groups is 1. The summed E-state index contributed by atoms with van der Waals surface area (Å²) in [6.45, 7) is 12.4. The lowest BCUT2D eigenvalue weighted by Gasteiger charge is -2.30. The molecule has 0 aliphatic heterocycles. The molecule has 1 amide bonds. The molecule has 164 valence electrons. The second kappa shape index (κ2) is 9.41. The number of allylic oxidation sites excluding steroid dienone is 2. The van der Waals surface area contributed by atoms with E-state index in [1.807, 2.05) is 27.7 Å². The van der Waals surface area contributed by atoms with Crippen molar-refractivity contribution in [1.29, 1.82) is 0 Å². The number of carboxylic acid groups (broad SMARTS) is 1. The highest BCUT2D eigenvalue weighted by Crippen LogP contribution is 2.36. The Morgan fingerprint density at radius 2 is 1.83 bits per heavy atom. The zero-order valence-corrected chi connectivity index (χ0v) is 18.5. The number of rotatable bonds is 7. The van der Waals surface area contributed by atoms with E-state index < -0.39 is 23.7 Å². The molecule has 1 aliphatic rings. The van der Waals surface area contributed by atoms with Gasteiger partial charge in [-0.1, -0.05) is 27.7 Å². The van der Waals surface area contributed by atoms with Gasteiger partial charge in [-0.25, -0.2) is 9.59 Å². The molecule has 0 radical (unpaired) electrons. The lowest BCUT2D eigenvalue weighted by atomic mass is 9.75. The lowest BCUT2D eigenvalue weighted by Crippen LogP contribution is -2.45. The minimum atomic E-state index is -1.31. The van der Waals surface area contributed by atoms with Gasteiger partial charge in [0.15, 0.2) is 5.78 Å². The van der Waals surface area contributed by atoms with Crippen molar-refractivity contribution < 1.29 is 29.3 Å². The first-order valence-corrected chi connectivity index (χ1v) is 9.82. The molecule has 0 heterocycles. The monoisotopic (exact) mass is 410 g/mol. The van der Waals surface area contributed by atoms with Crippen LogP contribution in [0.5, 0.6) is 0 Å². The van der Waals surface area contributed by atoms with Crippen LogP contribution in [0.2, 0.25) is 0 Å². The van der Waals surface area contributed by atoms with Crippen molar-refractivity contribution in [3.05, 3.63) is 11.3 Å². The summed E-state index contributed by atoms with van der Waals surface area (Å²) in [5.74, 6) is -1.35. The Morgan fingerprint density at radius 3 is 2.28 bits per heavy atom. The lowest BCUT2D eigenvalue weighted by molar-refractivity contribution is -0.139. The Kier molecular flexibility index (Phi) is 8.00. The summed E-state index contributed by atoms with van der Waals surface area (Å²) in [4.78, 5) is 40.5. The average molecular weight is 411 g/mol. The van der Waals surface area contributed by atoms with Gasteiger partial charge in [-0.3, -0.25) is 9.79 Å². The van der Waals surface area contributed by atoms with E-state index in [-0.39, 0.29) is 41.4 Å². The number of carbonyl (C=O) groups is 3. The maximum absolute atomic E-state index is 12.7. The highest BCUT2D eigenvalue weighted by atomic mass is 16.6. The Balaban J connectivity index is 3.12. The molecule has 1 atom stereocenters. The summed E-state index contributed by atoms with van der Waals surface area (Å²) in [6, 6.07) is -1.31. The smallest absolute Gasteiger partial charge is 0.408 e. The molecule has 8 nitrogen and oxygen atoms in total. The normalized spacial score (nSPS) is 18.6. The molecule has 0 aromatic rings. The highest BCUT2D eigenvalue weighted by molar-refractivity contribution is 6.23. The highest BCUT2D eigenvalue weighted by Gasteiger charge is 2.35. The minimum absolute atomic E-state index is 0.0161. The quantitative estimate of drug-likeness (QED) is 0.550. The number of carbonyl (C=O) groups excluding carboxylic acids is 2. The molecule has 3 N–H and O–H groups in total. The third-order valence-corrected chi connectivity index (χ3v) is 4.20. The van der Waals surface area contributed by atoms with Gasteiger partial charge in [0.2, 0.25) is 0 Å². The molecular formula is C21H34N2O6. The number of alkyl carbamates (subject to hydrolysis) is 1. The van der Waals surface area contributed by atoms with Gasteiger partial charge < -0.3 is 20.3 Å². The number of aliphatic hydroxyl groups excluding tert-OH is 1. The van der Waals surface area contributed by atoms with Crippen LogP contribution in [0.4, 0.5) is 4.79 Å². The topological polar surface area (TPSA) is 125 Å². The van der Waals surface area contributed by atoms with Gasteiger partial charge in [-0.2, -0.15) is 0 Å². The number of nitrogens with zero attached hydrogens (tertiary/aromatic N) is 1. The van der Waals surface area contributed by atoms with Crippen molar-refractivity contribution >= 4 is 23.6 Å². The molecule has 0 bridgehead atoms. The molecule has 8 heteroatoms. The van der Waals surface area contributed by atoms with E-state index in [0.29, 0.717) is 18.6 Å². The van der Waals surface area contributed by atoms with Gasteiger partial charge in [0, 0.05) is 18.6 Å². The van der Waals surface area contributed by atoms with Crippen LogP contribution in [0.15, 0.2) is 16.3 Å². The Hall–Kier alpha value is -2.38. The van der Waals surface area contributed by atoms with Gasteiger partial charge in [-0.15, -0.1) is 0 Å². The van der Waals surface area contributed by atoms with Gasteiger partial charge >= 0.3 is 12.1 Å². The predicted octanol–water partition coefficient (Wildman–Crippen LogP) is 3.65. The SMILES string of the molecule is CC(C)CC(=NC[C@@H](NC(=O)OC(C)(C)C)C(=O)O)C1=C(O)CC(C)(C)CC1=O. The Morgan fingerprint density at radius 1 is 1.24 bits per heavy atom. The summed E-state index contributed by atoms with van der Waals surface area (Å²) in [5, 5.41) is 22.2. The molecule has 1 rings (SSSR count). The van der Waals surface area contributed by atoms with Crippen molar-refractivity contribution in [3.63, 3.8) is 0 Å². The number of ketones is 1. The third-order valence-electron chi connectivity index (χ3n) is 4.20. The average Bonchev–Trinajstić information content (AvgIpc) is 2.46. The number of aliphatic hydroxyl groups is 1. The number of hydrogen-bond acceptors (Lipinski definition) is 6. The van der Waals surface area contributed by atoms with Gasteiger partial charge in [0.25, 0.3) is 0 Å². The predicted molar refractivity (Wildman–Crippen MR) is 110 cm³/mol. The third kappa shape index (κ3) is 8.25. The first-order chi connectivity index (χ1) is 13.1. The summed E-state index contributed by atoms with van der Waals surface area (Å²) in [6.07, 6.45) is 0.179. The molecule has 0 unspecified atom stereocenters. The molecule has 0 fully saturated rings. The number of Topliss-reactive ketones (excluding diaryl/α,β-unsaturated/α-hetero) is 1. The maximum atomic E-state index is 12.7. The van der Waals surface area contributed by atoms with E-state index in [2.05, 4.69) is 10.3 Å². The van der Waals surface area contributed by atoms with Crippen molar-refractivity contribution in [2.24, 2.45) is 16.3 Å². The van der Waals surface area contributed by atoms with E-state index >= 15 is 0 Å². The summed E-state index contributed by atoms with van der Waals surface area (Å²) in [7, 11) is 0. The van der Waals surface area contributed by atoms with Crippen LogP contribution in [-0.2, 0) is 14.3 Å². The molecule has 1 aliphatic carbocycles. The molecular weight excluding hydrogens is 376 g/mol. The van der Waals surface area contributed by atoms with Crippen molar-refractivity contribution in [2.45, 2.75) is 79.4 Å². The number of hydrogen-bond donors (Lipinski definition) is 3. The number of ether oxygens (including phenoxy) is 1. The van der Waals surface area contributed by atoms with Crippen LogP contribution in [-0.4, -0.2) is 52.0 Å². The fourth-order valence-electron chi connectivity index (χ4n) is 3.08. The van der Waals surface area contributed by atoms with Gasteiger partial charge in [-0.05, 0) is 38.5 Å². The van der Waals surface area contributed by atoms with E-state index in [1.165, 1.54) is 0 Å². The second-order valence-corrected chi connectivity index (χ2v) is 9.69. The second-order valence-electron chi connectivity index (χ2n) is 9.69. The Bertz CT molecular complexity index is 713. The van der Waals surface area contributed by atoms with E-state index in [4.69, 9.17) is 4.74 Å². The van der Waals surface area contributed by atoms with Crippen LogP contribution < -0.4 is 5.32 Å². The maximum Gasteiger partial charge on any atom is 0.408 e. The first kappa shape index (κ1) is 24.7. The summed E-state index contributed by atoms with van der Waals surface area (Å²) in [5.41, 5.74) is -0.554. The van der Waals surface area contributed by atoms with Crippen LogP contribution >= 0.6 is 0 Å². The molecule has 0 aromatic heterocycles. The summed E-state index contributed by atoms with van der Waals surface area (Å²) < 4.78 is 5.10. The standard InChI is InChI=1S/C21H34N2O6/c1-12(2)8-13(17-15(24)9-21(6,7)10-16(17)25)22-11-14(18(26)27)23-19(28)29-20(3,4)5/h12,14,24H,8-11H2,1-7H3,(H,23,28)(H,26,27)/t14-/m1/s1. The van der Waals surface area contributed by atoms with Crippen molar-refractivity contribution in [3.8, 4) is 0 Å². The number of nitrogens with one attached hydrogen (secondary N) is 1. The zero-order valence-electron chi connectivity index (χ0n) is 18.5. The van der Waals surface area contributed by atoms with Crippen LogP contribution in [0, 0.1) is 11.3 Å². The fourth-order valence-corrected chi connectivity index (χ4v) is 3.08. The largest absolute Gasteiger partial charge is 0.511 e. The molecule has 29 heavy (non-hydrogen) atoms. The van der Waals surface area contributed by atoms with Gasteiger partial charge in [0.05, 0.1) is 12.1 Å². The molecule has 0 saturated heterocycles. The summed E-state index contributed by atoms with van der Waals surface area (Å²) >= 11 is 0. The molecule has 0 aromatic carbocycles. The Labute approximate surface area is 172 Å². The van der Waals surface area contributed by atoms with Crippen LogP contribution in [0.25, 0.3) is 0 Å². The van der Waals surface area contributed by atoms with E-state index in [9.17, 15) is 24.6 Å².